The second-order valence-corrected chi connectivity index (χ2v) is 5.11. The fourth-order valence-electron chi connectivity index (χ4n) is 2.74. The molecule has 2 aromatic rings. The number of nitriles is 1. The molecule has 2 nitrogen and oxygen atoms in total. The van der Waals surface area contributed by atoms with Crippen LogP contribution in [0.5, 0.6) is 0 Å². The van der Waals surface area contributed by atoms with Crippen LogP contribution in [-0.2, 0) is 0 Å². The van der Waals surface area contributed by atoms with Gasteiger partial charge in [0.05, 0.1) is 11.6 Å². The maximum atomic E-state index is 13.0. The molecule has 1 atom stereocenters. The van der Waals surface area contributed by atoms with Gasteiger partial charge in [-0.25, -0.2) is 4.39 Å². The summed E-state index contributed by atoms with van der Waals surface area (Å²) in [7, 11) is 0. The fraction of sp³-hybridized carbons (Fsp3) is 0.235. The smallest absolute Gasteiger partial charge is 0.123 e. The van der Waals surface area contributed by atoms with E-state index in [1.165, 1.54) is 12.1 Å². The number of nitrogens with zero attached hydrogens (tertiary/aromatic N) is 1. The number of hydrogen-bond acceptors (Lipinski definition) is 2. The third-order valence-electron chi connectivity index (χ3n) is 3.85. The van der Waals surface area contributed by atoms with Gasteiger partial charge < -0.3 is 5.32 Å². The van der Waals surface area contributed by atoms with E-state index in [4.69, 9.17) is 0 Å². The van der Waals surface area contributed by atoms with Crippen LogP contribution < -0.4 is 5.32 Å². The minimum absolute atomic E-state index is 0.234. The van der Waals surface area contributed by atoms with Crippen molar-refractivity contribution in [3.05, 3.63) is 59.4 Å². The van der Waals surface area contributed by atoms with Crippen LogP contribution in [0.1, 0.15) is 23.5 Å². The molecule has 0 saturated carbocycles. The Balaban J connectivity index is 2.03. The van der Waals surface area contributed by atoms with Crippen molar-refractivity contribution < 1.29 is 4.39 Å². The summed E-state index contributed by atoms with van der Waals surface area (Å²) in [4.78, 5) is 0. The minimum atomic E-state index is -0.234. The van der Waals surface area contributed by atoms with Gasteiger partial charge in [0.2, 0.25) is 0 Å². The van der Waals surface area contributed by atoms with Crippen LogP contribution in [0.15, 0.2) is 42.5 Å². The third-order valence-corrected chi connectivity index (χ3v) is 3.85. The molecule has 3 heteroatoms. The third kappa shape index (κ3) is 2.43. The molecule has 1 N–H and O–H groups in total. The van der Waals surface area contributed by atoms with Gasteiger partial charge >= 0.3 is 0 Å². The lowest BCUT2D eigenvalue weighted by molar-refractivity contribution is 0.628. The largest absolute Gasteiger partial charge is 0.316 e. The van der Waals surface area contributed by atoms with Crippen molar-refractivity contribution in [3.63, 3.8) is 0 Å². The number of hydrogen-bond donors (Lipinski definition) is 1. The van der Waals surface area contributed by atoms with E-state index < -0.39 is 0 Å². The van der Waals surface area contributed by atoms with Crippen molar-refractivity contribution in [2.24, 2.45) is 0 Å². The highest BCUT2D eigenvalue weighted by atomic mass is 19.1. The molecule has 0 spiro atoms. The molecule has 2 aromatic carbocycles. The second kappa shape index (κ2) is 5.44. The van der Waals surface area contributed by atoms with Crippen molar-refractivity contribution in [1.82, 2.24) is 5.32 Å². The van der Waals surface area contributed by atoms with Gasteiger partial charge in [-0.3, -0.25) is 0 Å². The zero-order valence-electron chi connectivity index (χ0n) is 11.1. The first-order valence-corrected chi connectivity index (χ1v) is 6.78. The van der Waals surface area contributed by atoms with E-state index in [1.54, 1.807) is 12.1 Å². The molecule has 1 heterocycles. The summed E-state index contributed by atoms with van der Waals surface area (Å²) in [5.41, 5.74) is 3.85. The highest BCUT2D eigenvalue weighted by molar-refractivity contribution is 5.66. The lowest BCUT2D eigenvalue weighted by atomic mass is 9.90. The molecular weight excluding hydrogens is 251 g/mol. The monoisotopic (exact) mass is 266 g/mol. The molecule has 1 aliphatic rings. The molecule has 0 bridgehead atoms. The first-order chi connectivity index (χ1) is 9.78. The zero-order chi connectivity index (χ0) is 13.9. The van der Waals surface area contributed by atoms with Gasteiger partial charge in [-0.2, -0.15) is 5.26 Å². The van der Waals surface area contributed by atoms with E-state index in [9.17, 15) is 9.65 Å². The van der Waals surface area contributed by atoms with E-state index in [2.05, 4.69) is 17.5 Å². The molecule has 20 heavy (non-hydrogen) atoms. The van der Waals surface area contributed by atoms with E-state index >= 15 is 0 Å². The van der Waals surface area contributed by atoms with Crippen LogP contribution >= 0.6 is 0 Å². The van der Waals surface area contributed by atoms with Crippen LogP contribution in [0, 0.1) is 17.1 Å². The Labute approximate surface area is 117 Å². The number of nitrogens with one attached hydrogen (secondary N) is 1. The summed E-state index contributed by atoms with van der Waals surface area (Å²) in [6, 6.07) is 14.6. The predicted molar refractivity (Wildman–Crippen MR) is 76.8 cm³/mol. The molecule has 0 radical (unpaired) electrons. The van der Waals surface area contributed by atoms with Gasteiger partial charge in [0.1, 0.15) is 5.82 Å². The average Bonchev–Trinajstić information content (AvgIpc) is 3.01. The summed E-state index contributed by atoms with van der Waals surface area (Å²) in [6.45, 7) is 1.91. The van der Waals surface area contributed by atoms with Gasteiger partial charge in [-0.1, -0.05) is 18.2 Å². The lowest BCUT2D eigenvalue weighted by Gasteiger charge is -2.13. The summed E-state index contributed by atoms with van der Waals surface area (Å²) in [5, 5.41) is 12.6. The first-order valence-electron chi connectivity index (χ1n) is 6.78. The van der Waals surface area contributed by atoms with Gasteiger partial charge in [0.25, 0.3) is 0 Å². The summed E-state index contributed by atoms with van der Waals surface area (Å²) < 4.78 is 13.0. The van der Waals surface area contributed by atoms with E-state index in [0.29, 0.717) is 5.92 Å². The Hall–Kier alpha value is -2.18. The normalized spacial score (nSPS) is 17.9. The van der Waals surface area contributed by atoms with Gasteiger partial charge in [0, 0.05) is 6.54 Å². The molecule has 0 aliphatic carbocycles. The number of rotatable bonds is 2. The van der Waals surface area contributed by atoms with E-state index in [1.807, 2.05) is 12.1 Å². The quantitative estimate of drug-likeness (QED) is 0.903. The Kier molecular flexibility index (Phi) is 3.49. The first kappa shape index (κ1) is 12.8. The molecule has 1 saturated heterocycles. The molecule has 100 valence electrons. The minimum Gasteiger partial charge on any atom is -0.316 e. The number of halogens is 1. The maximum absolute atomic E-state index is 13.0. The highest BCUT2D eigenvalue weighted by Crippen LogP contribution is 2.30. The Morgan fingerprint density at radius 2 is 1.85 bits per heavy atom. The second-order valence-electron chi connectivity index (χ2n) is 5.11. The summed E-state index contributed by atoms with van der Waals surface area (Å²) >= 11 is 0. The standard InChI is InChI=1S/C17H15FN2/c18-16-5-3-12(4-6-16)13-1-2-14(10-19)17(9-13)15-7-8-20-11-15/h1-6,9,15,20H,7-8,11H2. The van der Waals surface area contributed by atoms with Crippen LogP contribution in [0.25, 0.3) is 11.1 Å². The maximum Gasteiger partial charge on any atom is 0.123 e. The lowest BCUT2D eigenvalue weighted by Crippen LogP contribution is -2.09. The van der Waals surface area contributed by atoms with Crippen molar-refractivity contribution in [2.45, 2.75) is 12.3 Å². The van der Waals surface area contributed by atoms with Crippen LogP contribution in [-0.4, -0.2) is 13.1 Å². The Morgan fingerprint density at radius 1 is 1.10 bits per heavy atom. The molecule has 3 rings (SSSR count). The van der Waals surface area contributed by atoms with Crippen molar-refractivity contribution in [3.8, 4) is 17.2 Å². The van der Waals surface area contributed by atoms with E-state index in [0.717, 1.165) is 41.8 Å². The SMILES string of the molecule is N#Cc1ccc(-c2ccc(F)cc2)cc1C1CCNC1. The highest BCUT2D eigenvalue weighted by Gasteiger charge is 2.20. The summed E-state index contributed by atoms with van der Waals surface area (Å²) in [5.74, 6) is 0.160. The van der Waals surface area contributed by atoms with Gasteiger partial charge in [-0.05, 0) is 59.8 Å². The molecule has 1 aliphatic heterocycles. The Morgan fingerprint density at radius 3 is 2.50 bits per heavy atom. The van der Waals surface area contributed by atoms with Gasteiger partial charge in [-0.15, -0.1) is 0 Å². The van der Waals surface area contributed by atoms with Crippen molar-refractivity contribution >= 4 is 0 Å². The molecule has 0 amide bonds. The van der Waals surface area contributed by atoms with Crippen molar-refractivity contribution in [2.75, 3.05) is 13.1 Å². The molecule has 0 aromatic heterocycles. The van der Waals surface area contributed by atoms with Crippen LogP contribution in [0.2, 0.25) is 0 Å². The number of benzene rings is 2. The van der Waals surface area contributed by atoms with Crippen LogP contribution in [0.3, 0.4) is 0 Å². The zero-order valence-corrected chi connectivity index (χ0v) is 11.1. The molecule has 1 unspecified atom stereocenters. The van der Waals surface area contributed by atoms with E-state index in [-0.39, 0.29) is 5.82 Å². The average molecular weight is 266 g/mol. The molecular formula is C17H15FN2. The molecule has 1 fully saturated rings. The topological polar surface area (TPSA) is 35.8 Å². The Bertz CT molecular complexity index is 650. The predicted octanol–water partition coefficient (Wildman–Crippen LogP) is 3.44. The van der Waals surface area contributed by atoms with Crippen molar-refractivity contribution in [1.29, 1.82) is 5.26 Å². The van der Waals surface area contributed by atoms with Gasteiger partial charge in [0.15, 0.2) is 0 Å². The van der Waals surface area contributed by atoms with Crippen LogP contribution in [0.4, 0.5) is 4.39 Å². The fourth-order valence-corrected chi connectivity index (χ4v) is 2.74. The summed E-state index contributed by atoms with van der Waals surface area (Å²) in [6.07, 6.45) is 1.06.